The topological polar surface area (TPSA) is 66.5 Å². The fraction of sp³-hybridized carbons (Fsp3) is 0.929. The van der Waals surface area contributed by atoms with E-state index in [1.165, 1.54) is 0 Å². The van der Waals surface area contributed by atoms with Crippen LogP contribution in [0.2, 0.25) is 0 Å². The molecular formula is C14H27ClN2O3S. The SMILES string of the molecule is CNC1CCCN(C(=O)CCS(=O)(=O)C2CCCC2)C1.Cl. The minimum absolute atomic E-state index is 0. The summed E-state index contributed by atoms with van der Waals surface area (Å²) in [6.45, 7) is 1.47. The Bertz CT molecular complexity index is 436. The van der Waals surface area contributed by atoms with Crippen molar-refractivity contribution in [3.8, 4) is 0 Å². The van der Waals surface area contributed by atoms with Gasteiger partial charge in [0.15, 0.2) is 9.84 Å². The Morgan fingerprint density at radius 2 is 1.86 bits per heavy atom. The van der Waals surface area contributed by atoms with Gasteiger partial charge in [-0.3, -0.25) is 4.79 Å². The number of carbonyl (C=O) groups excluding carboxylic acids is 1. The van der Waals surface area contributed by atoms with E-state index in [-0.39, 0.29) is 35.7 Å². The number of nitrogens with zero attached hydrogens (tertiary/aromatic N) is 1. The molecule has 1 saturated carbocycles. The molecule has 0 aromatic carbocycles. The van der Waals surface area contributed by atoms with E-state index in [1.54, 1.807) is 0 Å². The second-order valence-corrected chi connectivity index (χ2v) is 8.39. The van der Waals surface area contributed by atoms with E-state index in [0.717, 1.165) is 45.1 Å². The number of sulfone groups is 1. The van der Waals surface area contributed by atoms with E-state index < -0.39 is 9.84 Å². The third kappa shape index (κ3) is 5.11. The Morgan fingerprint density at radius 1 is 1.19 bits per heavy atom. The number of carbonyl (C=O) groups is 1. The molecule has 0 radical (unpaired) electrons. The number of nitrogens with one attached hydrogen (secondary N) is 1. The maximum atomic E-state index is 12.2. The first-order chi connectivity index (χ1) is 9.53. The van der Waals surface area contributed by atoms with Crippen LogP contribution < -0.4 is 5.32 Å². The molecule has 1 heterocycles. The van der Waals surface area contributed by atoms with Crippen LogP contribution in [0.1, 0.15) is 44.9 Å². The lowest BCUT2D eigenvalue weighted by atomic mass is 10.1. The first-order valence-electron chi connectivity index (χ1n) is 7.69. The van der Waals surface area contributed by atoms with Crippen molar-refractivity contribution in [3.63, 3.8) is 0 Å². The second-order valence-electron chi connectivity index (χ2n) is 5.99. The van der Waals surface area contributed by atoms with Gasteiger partial charge in [0, 0.05) is 25.6 Å². The predicted molar refractivity (Wildman–Crippen MR) is 86.6 cm³/mol. The summed E-state index contributed by atoms with van der Waals surface area (Å²) in [5.74, 6) is 0.0172. The van der Waals surface area contributed by atoms with E-state index in [0.29, 0.717) is 12.6 Å². The first-order valence-corrected chi connectivity index (χ1v) is 9.41. The lowest BCUT2D eigenvalue weighted by Crippen LogP contribution is -2.47. The molecule has 2 fully saturated rings. The molecule has 5 nitrogen and oxygen atoms in total. The molecule has 2 rings (SSSR count). The summed E-state index contributed by atoms with van der Waals surface area (Å²) < 4.78 is 24.3. The third-order valence-corrected chi connectivity index (χ3v) is 6.85. The number of hydrogen-bond donors (Lipinski definition) is 1. The van der Waals surface area contributed by atoms with Gasteiger partial charge in [0.2, 0.25) is 5.91 Å². The van der Waals surface area contributed by atoms with Gasteiger partial charge in [-0.05, 0) is 32.7 Å². The Kier molecular flexibility index (Phi) is 7.44. The van der Waals surface area contributed by atoms with Crippen LogP contribution in [0, 0.1) is 0 Å². The van der Waals surface area contributed by atoms with Crippen LogP contribution in [0.4, 0.5) is 0 Å². The molecule has 0 aromatic heterocycles. The zero-order valence-electron chi connectivity index (χ0n) is 12.7. The third-order valence-electron chi connectivity index (χ3n) is 4.59. The van der Waals surface area contributed by atoms with Gasteiger partial charge >= 0.3 is 0 Å². The van der Waals surface area contributed by atoms with Gasteiger partial charge in [0.1, 0.15) is 0 Å². The summed E-state index contributed by atoms with van der Waals surface area (Å²) in [6, 6.07) is 0.346. The van der Waals surface area contributed by atoms with Crippen LogP contribution in [0.5, 0.6) is 0 Å². The van der Waals surface area contributed by atoms with Gasteiger partial charge in [-0.1, -0.05) is 12.8 Å². The van der Waals surface area contributed by atoms with Crippen molar-refractivity contribution in [1.82, 2.24) is 10.2 Å². The minimum Gasteiger partial charge on any atom is -0.341 e. The number of likely N-dealkylation sites (N-methyl/N-ethyl adjacent to an activating group) is 1. The molecule has 1 atom stereocenters. The molecule has 7 heteroatoms. The highest BCUT2D eigenvalue weighted by Gasteiger charge is 2.30. The molecule has 1 aliphatic carbocycles. The van der Waals surface area contributed by atoms with E-state index in [1.807, 2.05) is 11.9 Å². The van der Waals surface area contributed by atoms with Crippen molar-refractivity contribution in [2.24, 2.45) is 0 Å². The van der Waals surface area contributed by atoms with Crippen LogP contribution in [0.3, 0.4) is 0 Å². The summed E-state index contributed by atoms with van der Waals surface area (Å²) >= 11 is 0. The number of hydrogen-bond acceptors (Lipinski definition) is 4. The molecule has 1 amide bonds. The number of halogens is 1. The molecule has 124 valence electrons. The summed E-state index contributed by atoms with van der Waals surface area (Å²) in [5, 5.41) is 3.00. The largest absolute Gasteiger partial charge is 0.341 e. The van der Waals surface area contributed by atoms with Crippen molar-refractivity contribution >= 4 is 28.2 Å². The molecule has 1 aliphatic heterocycles. The maximum Gasteiger partial charge on any atom is 0.223 e. The van der Waals surface area contributed by atoms with Crippen molar-refractivity contribution in [2.45, 2.75) is 56.2 Å². The molecular weight excluding hydrogens is 312 g/mol. The van der Waals surface area contributed by atoms with E-state index >= 15 is 0 Å². The van der Waals surface area contributed by atoms with E-state index in [9.17, 15) is 13.2 Å². The van der Waals surface area contributed by atoms with Crippen molar-refractivity contribution < 1.29 is 13.2 Å². The van der Waals surface area contributed by atoms with Gasteiger partial charge in [0.25, 0.3) is 0 Å². The second kappa shape index (κ2) is 8.34. The van der Waals surface area contributed by atoms with Crippen LogP contribution >= 0.6 is 12.4 Å². The molecule has 1 N–H and O–H groups in total. The first kappa shape index (κ1) is 18.7. The van der Waals surface area contributed by atoms with Gasteiger partial charge in [0.05, 0.1) is 11.0 Å². The fourth-order valence-corrected chi connectivity index (χ4v) is 5.09. The highest BCUT2D eigenvalue weighted by molar-refractivity contribution is 7.92. The fourth-order valence-electron chi connectivity index (χ4n) is 3.24. The summed E-state index contributed by atoms with van der Waals surface area (Å²) in [4.78, 5) is 14.0. The standard InChI is InChI=1S/C14H26N2O3S.ClH/c1-15-12-5-4-9-16(11-12)14(17)8-10-20(18,19)13-6-2-3-7-13;/h12-13,15H,2-11H2,1H3;1H. The zero-order valence-corrected chi connectivity index (χ0v) is 14.3. The number of piperidine rings is 1. The van der Waals surface area contributed by atoms with Gasteiger partial charge in [-0.25, -0.2) is 8.42 Å². The normalized spacial score (nSPS) is 23.9. The maximum absolute atomic E-state index is 12.2. The average molecular weight is 339 g/mol. The molecule has 0 bridgehead atoms. The summed E-state index contributed by atoms with van der Waals surface area (Å²) in [6.07, 6.45) is 5.80. The molecule has 21 heavy (non-hydrogen) atoms. The van der Waals surface area contributed by atoms with Gasteiger partial charge < -0.3 is 10.2 Å². The molecule has 1 unspecified atom stereocenters. The van der Waals surface area contributed by atoms with Crippen LogP contribution in [-0.2, 0) is 14.6 Å². The van der Waals surface area contributed by atoms with Crippen LogP contribution in [-0.4, -0.2) is 56.4 Å². The zero-order chi connectivity index (χ0) is 14.6. The number of amides is 1. The van der Waals surface area contributed by atoms with Crippen molar-refractivity contribution in [2.75, 3.05) is 25.9 Å². The Balaban J connectivity index is 0.00000220. The van der Waals surface area contributed by atoms with Crippen LogP contribution in [0.15, 0.2) is 0 Å². The van der Waals surface area contributed by atoms with E-state index in [4.69, 9.17) is 0 Å². The lowest BCUT2D eigenvalue weighted by Gasteiger charge is -2.32. The Hall–Kier alpha value is -0.330. The summed E-state index contributed by atoms with van der Waals surface area (Å²) in [7, 11) is -1.17. The smallest absolute Gasteiger partial charge is 0.223 e. The summed E-state index contributed by atoms with van der Waals surface area (Å²) in [5.41, 5.74) is 0. The average Bonchev–Trinajstić information content (AvgIpc) is 3.00. The number of likely N-dealkylation sites (tertiary alicyclic amines) is 1. The Morgan fingerprint density at radius 3 is 2.48 bits per heavy atom. The minimum atomic E-state index is -3.08. The van der Waals surface area contributed by atoms with Crippen molar-refractivity contribution in [3.05, 3.63) is 0 Å². The monoisotopic (exact) mass is 338 g/mol. The molecule has 1 saturated heterocycles. The predicted octanol–water partition coefficient (Wildman–Crippen LogP) is 1.37. The molecule has 2 aliphatic rings. The molecule has 0 aromatic rings. The quantitative estimate of drug-likeness (QED) is 0.822. The van der Waals surface area contributed by atoms with Gasteiger partial charge in [-0.15, -0.1) is 12.4 Å². The lowest BCUT2D eigenvalue weighted by molar-refractivity contribution is -0.132. The Labute approximate surface area is 134 Å². The van der Waals surface area contributed by atoms with Gasteiger partial charge in [-0.2, -0.15) is 0 Å². The number of rotatable bonds is 5. The van der Waals surface area contributed by atoms with Crippen LogP contribution in [0.25, 0.3) is 0 Å². The van der Waals surface area contributed by atoms with Crippen molar-refractivity contribution in [1.29, 1.82) is 0 Å². The van der Waals surface area contributed by atoms with E-state index in [2.05, 4.69) is 5.32 Å². The highest BCUT2D eigenvalue weighted by atomic mass is 35.5. The highest BCUT2D eigenvalue weighted by Crippen LogP contribution is 2.25. The molecule has 0 spiro atoms.